The van der Waals surface area contributed by atoms with Gasteiger partial charge in [-0.25, -0.2) is 12.8 Å². The van der Waals surface area contributed by atoms with E-state index in [1.165, 1.54) is 13.0 Å². The van der Waals surface area contributed by atoms with Gasteiger partial charge in [-0.15, -0.1) is 0 Å². The van der Waals surface area contributed by atoms with Crippen molar-refractivity contribution in [3.8, 4) is 0 Å². The summed E-state index contributed by atoms with van der Waals surface area (Å²) in [4.78, 5) is 18.2. The van der Waals surface area contributed by atoms with Gasteiger partial charge in [0, 0.05) is 31.2 Å². The standard InChI is InChI=1S/C26H36FN3O4S/c1-2-35(33,34)28-20-4-5-22(21(27)12-20)29-8-3-6-25(16-29)7-9-30(24(25)32)26-13-17-10-18(14-26)23(31)19(11-17)15-26/h4-5,12,17-19,23,28,31H,2-3,6-11,13-16H2,1H3. The van der Waals surface area contributed by atoms with Crippen LogP contribution in [0.15, 0.2) is 18.2 Å². The van der Waals surface area contributed by atoms with Gasteiger partial charge < -0.3 is 14.9 Å². The molecule has 2 N–H and O–H groups in total. The molecule has 1 aromatic rings. The number of amides is 1. The van der Waals surface area contributed by atoms with Crippen molar-refractivity contribution in [3.63, 3.8) is 0 Å². The number of rotatable bonds is 5. The maximum absolute atomic E-state index is 15.1. The van der Waals surface area contributed by atoms with Gasteiger partial charge in [0.15, 0.2) is 0 Å². The Bertz CT molecular complexity index is 1130. The van der Waals surface area contributed by atoms with Crippen molar-refractivity contribution in [1.29, 1.82) is 0 Å². The zero-order chi connectivity index (χ0) is 24.6. The van der Waals surface area contributed by atoms with Crippen LogP contribution in [0.2, 0.25) is 0 Å². The number of piperidine rings is 1. The number of carbonyl (C=O) groups excluding carboxylic acids is 1. The molecule has 4 aliphatic carbocycles. The highest BCUT2D eigenvalue weighted by atomic mass is 32.2. The number of anilines is 2. The van der Waals surface area contributed by atoms with Gasteiger partial charge in [0.05, 0.1) is 28.6 Å². The zero-order valence-electron chi connectivity index (χ0n) is 20.4. The topological polar surface area (TPSA) is 90.0 Å². The van der Waals surface area contributed by atoms with Crippen molar-refractivity contribution in [1.82, 2.24) is 4.90 Å². The molecule has 7 nitrogen and oxygen atoms in total. The van der Waals surface area contributed by atoms with E-state index in [9.17, 15) is 18.3 Å². The number of likely N-dealkylation sites (tertiary alicyclic amines) is 1. The number of benzene rings is 1. The fraction of sp³-hybridized carbons (Fsp3) is 0.731. The monoisotopic (exact) mass is 505 g/mol. The minimum atomic E-state index is -3.48. The first-order valence-electron chi connectivity index (χ1n) is 13.2. The second-order valence-corrected chi connectivity index (χ2v) is 13.9. The van der Waals surface area contributed by atoms with Crippen LogP contribution in [0.5, 0.6) is 0 Å². The summed E-state index contributed by atoms with van der Waals surface area (Å²) in [6.45, 7) is 3.46. The first-order chi connectivity index (χ1) is 16.6. The normalized spacial score (nSPS) is 38.5. The maximum Gasteiger partial charge on any atom is 0.232 e. The van der Waals surface area contributed by atoms with Crippen LogP contribution in [0, 0.1) is 29.0 Å². The van der Waals surface area contributed by atoms with Crippen molar-refractivity contribution in [2.24, 2.45) is 23.2 Å². The molecule has 0 aromatic heterocycles. The highest BCUT2D eigenvalue weighted by molar-refractivity contribution is 7.92. The van der Waals surface area contributed by atoms with E-state index in [1.807, 2.05) is 4.90 Å². The highest BCUT2D eigenvalue weighted by Crippen LogP contribution is 2.59. The lowest BCUT2D eigenvalue weighted by molar-refractivity contribution is -0.167. The smallest absolute Gasteiger partial charge is 0.232 e. The Hall–Kier alpha value is -1.87. The molecule has 2 heterocycles. The zero-order valence-corrected chi connectivity index (χ0v) is 21.2. The van der Waals surface area contributed by atoms with Crippen molar-refractivity contribution in [2.45, 2.75) is 69.9 Å². The van der Waals surface area contributed by atoms with Crippen LogP contribution >= 0.6 is 0 Å². The van der Waals surface area contributed by atoms with Crippen LogP contribution in [0.4, 0.5) is 15.8 Å². The largest absolute Gasteiger partial charge is 0.393 e. The Labute approximate surface area is 207 Å². The number of nitrogens with one attached hydrogen (secondary N) is 1. The van der Waals surface area contributed by atoms with Gasteiger partial charge >= 0.3 is 0 Å². The Morgan fingerprint density at radius 3 is 2.57 bits per heavy atom. The number of aliphatic hydroxyl groups excluding tert-OH is 1. The number of carbonyl (C=O) groups is 1. The molecule has 2 aliphatic heterocycles. The average molecular weight is 506 g/mol. The van der Waals surface area contributed by atoms with E-state index >= 15 is 4.39 Å². The molecule has 2 saturated heterocycles. The summed E-state index contributed by atoms with van der Waals surface area (Å²) in [5.41, 5.74) is 0.0523. The molecule has 4 bridgehead atoms. The van der Waals surface area contributed by atoms with Gasteiger partial charge in [-0.1, -0.05) is 0 Å². The SMILES string of the molecule is CCS(=O)(=O)Nc1ccc(N2CCCC3(CCN(C45CC6CC(C4)C(O)C(C6)C5)C3=O)C2)c(F)c1. The lowest BCUT2D eigenvalue weighted by Crippen LogP contribution is -2.65. The molecule has 4 saturated carbocycles. The van der Waals surface area contributed by atoms with Gasteiger partial charge in [0.25, 0.3) is 0 Å². The molecular formula is C26H36FN3O4S. The summed E-state index contributed by atoms with van der Waals surface area (Å²) in [5, 5.41) is 10.7. The van der Waals surface area contributed by atoms with Gasteiger partial charge in [-0.05, 0) is 88.2 Å². The molecular weight excluding hydrogens is 469 g/mol. The van der Waals surface area contributed by atoms with E-state index in [0.29, 0.717) is 36.5 Å². The third-order valence-corrected chi connectivity index (χ3v) is 11.1. The first-order valence-corrected chi connectivity index (χ1v) is 14.8. The number of aliphatic hydroxyl groups is 1. The Morgan fingerprint density at radius 1 is 1.14 bits per heavy atom. The molecule has 9 heteroatoms. The third-order valence-electron chi connectivity index (χ3n) is 9.80. The molecule has 1 amide bonds. The van der Waals surface area contributed by atoms with Gasteiger partial charge in [-0.2, -0.15) is 0 Å². The number of hydrogen-bond donors (Lipinski definition) is 2. The van der Waals surface area contributed by atoms with E-state index in [-0.39, 0.29) is 29.0 Å². The second kappa shape index (κ2) is 8.07. The Morgan fingerprint density at radius 2 is 1.89 bits per heavy atom. The minimum absolute atomic E-state index is 0.0771. The summed E-state index contributed by atoms with van der Waals surface area (Å²) in [7, 11) is -3.48. The molecule has 0 radical (unpaired) electrons. The van der Waals surface area contributed by atoms with E-state index < -0.39 is 21.3 Å². The number of nitrogens with zero attached hydrogens (tertiary/aromatic N) is 2. The Balaban J connectivity index is 1.21. The van der Waals surface area contributed by atoms with Crippen LogP contribution in [-0.4, -0.2) is 61.4 Å². The third kappa shape index (κ3) is 3.76. The molecule has 192 valence electrons. The van der Waals surface area contributed by atoms with Crippen molar-refractivity contribution in [3.05, 3.63) is 24.0 Å². The summed E-state index contributed by atoms with van der Waals surface area (Å²) < 4.78 is 41.2. The van der Waals surface area contributed by atoms with Crippen molar-refractivity contribution in [2.75, 3.05) is 35.0 Å². The molecule has 7 rings (SSSR count). The molecule has 6 aliphatic rings. The van der Waals surface area contributed by atoms with Crippen molar-refractivity contribution < 1.29 is 22.7 Å². The Kier molecular flexibility index (Phi) is 5.42. The van der Waals surface area contributed by atoms with Crippen LogP contribution in [-0.2, 0) is 14.8 Å². The summed E-state index contributed by atoms with van der Waals surface area (Å²) in [6, 6.07) is 4.45. The molecule has 3 unspecified atom stereocenters. The molecule has 3 atom stereocenters. The van der Waals surface area contributed by atoms with E-state index in [2.05, 4.69) is 9.62 Å². The molecule has 35 heavy (non-hydrogen) atoms. The molecule has 6 fully saturated rings. The fourth-order valence-electron chi connectivity index (χ4n) is 8.35. The highest BCUT2D eigenvalue weighted by Gasteiger charge is 2.62. The number of halogens is 1. The van der Waals surface area contributed by atoms with Crippen molar-refractivity contribution >= 4 is 27.3 Å². The number of sulfonamides is 1. The molecule has 1 aromatic carbocycles. The minimum Gasteiger partial charge on any atom is -0.393 e. The lowest BCUT2D eigenvalue weighted by Gasteiger charge is -2.61. The quantitative estimate of drug-likeness (QED) is 0.641. The summed E-state index contributed by atoms with van der Waals surface area (Å²) in [5.74, 6) is 0.951. The molecule has 1 spiro atoms. The summed E-state index contributed by atoms with van der Waals surface area (Å²) in [6.07, 6.45) is 7.36. The predicted octanol–water partition coefficient (Wildman–Crippen LogP) is 3.35. The van der Waals surface area contributed by atoms with Gasteiger partial charge in [-0.3, -0.25) is 9.52 Å². The van der Waals surface area contributed by atoms with Crippen LogP contribution in [0.1, 0.15) is 58.3 Å². The maximum atomic E-state index is 15.1. The van der Waals surface area contributed by atoms with Crippen LogP contribution < -0.4 is 9.62 Å². The van der Waals surface area contributed by atoms with E-state index in [4.69, 9.17) is 0 Å². The van der Waals surface area contributed by atoms with Crippen LogP contribution in [0.3, 0.4) is 0 Å². The predicted molar refractivity (Wildman–Crippen MR) is 132 cm³/mol. The van der Waals surface area contributed by atoms with E-state index in [1.54, 1.807) is 12.1 Å². The fourth-order valence-corrected chi connectivity index (χ4v) is 8.98. The van der Waals surface area contributed by atoms with Crippen LogP contribution in [0.25, 0.3) is 0 Å². The first kappa shape index (κ1) is 23.5. The second-order valence-electron chi connectivity index (χ2n) is 11.9. The van der Waals surface area contributed by atoms with Gasteiger partial charge in [0.1, 0.15) is 5.82 Å². The number of hydrogen-bond acceptors (Lipinski definition) is 5. The summed E-state index contributed by atoms with van der Waals surface area (Å²) >= 11 is 0. The average Bonchev–Trinajstić information content (AvgIpc) is 3.12. The lowest BCUT2D eigenvalue weighted by atomic mass is 9.51. The van der Waals surface area contributed by atoms with E-state index in [0.717, 1.165) is 57.9 Å². The van der Waals surface area contributed by atoms with Gasteiger partial charge in [0.2, 0.25) is 15.9 Å².